The number of rotatable bonds is 7. The zero-order chi connectivity index (χ0) is 18.0. The van der Waals surface area contributed by atoms with E-state index < -0.39 is 5.79 Å². The number of methoxy groups -OCH3 is 1. The summed E-state index contributed by atoms with van der Waals surface area (Å²) in [5.41, 5.74) is 1.02. The van der Waals surface area contributed by atoms with Gasteiger partial charge in [0.2, 0.25) is 0 Å². The quantitative estimate of drug-likeness (QED) is 0.746. The van der Waals surface area contributed by atoms with E-state index in [-0.39, 0.29) is 24.6 Å². The molecule has 5 heteroatoms. The van der Waals surface area contributed by atoms with Gasteiger partial charge in [0.15, 0.2) is 12.1 Å². The van der Waals surface area contributed by atoms with Gasteiger partial charge in [-0.05, 0) is 31.7 Å². The van der Waals surface area contributed by atoms with E-state index in [9.17, 15) is 0 Å². The van der Waals surface area contributed by atoms with Gasteiger partial charge in [0.05, 0.1) is 19.8 Å². The Morgan fingerprint density at radius 1 is 1.20 bits per heavy atom. The Morgan fingerprint density at radius 2 is 1.96 bits per heavy atom. The lowest BCUT2D eigenvalue weighted by Crippen LogP contribution is -2.38. The second-order valence-electron chi connectivity index (χ2n) is 7.45. The van der Waals surface area contributed by atoms with E-state index in [4.69, 9.17) is 23.7 Å². The van der Waals surface area contributed by atoms with E-state index >= 15 is 0 Å². The van der Waals surface area contributed by atoms with Crippen LogP contribution in [-0.2, 0) is 25.6 Å². The fourth-order valence-electron chi connectivity index (χ4n) is 3.50. The van der Waals surface area contributed by atoms with Gasteiger partial charge in [-0.1, -0.05) is 39.0 Å². The van der Waals surface area contributed by atoms with E-state index in [2.05, 4.69) is 20.8 Å². The van der Waals surface area contributed by atoms with Crippen LogP contribution in [0.4, 0.5) is 0 Å². The van der Waals surface area contributed by atoms with Gasteiger partial charge in [0.1, 0.15) is 18.0 Å². The van der Waals surface area contributed by atoms with E-state index in [0.717, 1.165) is 24.2 Å². The zero-order valence-corrected chi connectivity index (χ0v) is 15.9. The third-order valence-electron chi connectivity index (χ3n) is 4.99. The van der Waals surface area contributed by atoms with Crippen molar-refractivity contribution in [1.29, 1.82) is 0 Å². The summed E-state index contributed by atoms with van der Waals surface area (Å²) in [6.07, 6.45) is 0.980. The fraction of sp³-hybridized carbons (Fsp3) is 0.700. The molecule has 0 aliphatic carbocycles. The Hall–Kier alpha value is -1.14. The summed E-state index contributed by atoms with van der Waals surface area (Å²) < 4.78 is 30.1. The SMILES string of the molecule is CCC1(C)O[C@H]2O[C@H](CC(C)C)[C@H](OCc3ccccc3OC)[C@H]2O1. The molecule has 0 spiro atoms. The summed E-state index contributed by atoms with van der Waals surface area (Å²) in [5.74, 6) is 0.753. The molecule has 1 aromatic rings. The molecule has 1 aromatic carbocycles. The Kier molecular flexibility index (Phi) is 5.68. The summed E-state index contributed by atoms with van der Waals surface area (Å²) >= 11 is 0. The Balaban J connectivity index is 1.72. The first-order valence-electron chi connectivity index (χ1n) is 9.20. The average molecular weight is 350 g/mol. The molecule has 0 N–H and O–H groups in total. The lowest BCUT2D eigenvalue weighted by atomic mass is 10.0. The monoisotopic (exact) mass is 350 g/mol. The second-order valence-corrected chi connectivity index (χ2v) is 7.45. The molecule has 2 saturated heterocycles. The van der Waals surface area contributed by atoms with Crippen LogP contribution in [0.1, 0.15) is 46.1 Å². The minimum atomic E-state index is -0.593. The first kappa shape index (κ1) is 18.6. The third kappa shape index (κ3) is 4.00. The topological polar surface area (TPSA) is 46.2 Å². The molecule has 0 amide bonds. The largest absolute Gasteiger partial charge is 0.496 e. The van der Waals surface area contributed by atoms with Crippen molar-refractivity contribution in [2.75, 3.05) is 7.11 Å². The van der Waals surface area contributed by atoms with Gasteiger partial charge in [-0.25, -0.2) is 0 Å². The summed E-state index contributed by atoms with van der Waals surface area (Å²) in [6, 6.07) is 7.91. The smallest absolute Gasteiger partial charge is 0.190 e. The molecule has 5 atom stereocenters. The maximum absolute atomic E-state index is 6.29. The van der Waals surface area contributed by atoms with Gasteiger partial charge in [0.25, 0.3) is 0 Å². The van der Waals surface area contributed by atoms with Gasteiger partial charge in [-0.15, -0.1) is 0 Å². The predicted octanol–water partition coefficient (Wildman–Crippen LogP) is 3.89. The summed E-state index contributed by atoms with van der Waals surface area (Å²) in [7, 11) is 1.68. The van der Waals surface area contributed by atoms with Crippen molar-refractivity contribution in [3.05, 3.63) is 29.8 Å². The second kappa shape index (κ2) is 7.62. The maximum Gasteiger partial charge on any atom is 0.190 e. The zero-order valence-electron chi connectivity index (χ0n) is 15.9. The summed E-state index contributed by atoms with van der Waals surface area (Å²) in [6.45, 7) is 8.85. The molecule has 0 saturated carbocycles. The van der Waals surface area contributed by atoms with Gasteiger partial charge in [-0.3, -0.25) is 0 Å². The first-order chi connectivity index (χ1) is 12.0. The van der Waals surface area contributed by atoms with Crippen LogP contribution < -0.4 is 4.74 Å². The molecule has 0 bridgehead atoms. The number of ether oxygens (including phenoxy) is 5. The van der Waals surface area contributed by atoms with Gasteiger partial charge in [0, 0.05) is 5.56 Å². The molecule has 3 rings (SSSR count). The van der Waals surface area contributed by atoms with E-state index in [1.165, 1.54) is 0 Å². The number of para-hydroxylation sites is 1. The van der Waals surface area contributed by atoms with Gasteiger partial charge >= 0.3 is 0 Å². The highest BCUT2D eigenvalue weighted by atomic mass is 16.8. The van der Waals surface area contributed by atoms with Crippen LogP contribution in [0.25, 0.3) is 0 Å². The molecule has 2 fully saturated rings. The van der Waals surface area contributed by atoms with E-state index in [1.807, 2.05) is 31.2 Å². The number of benzene rings is 1. The molecule has 0 aromatic heterocycles. The van der Waals surface area contributed by atoms with Crippen LogP contribution in [0.15, 0.2) is 24.3 Å². The minimum absolute atomic E-state index is 0.0221. The molecule has 140 valence electrons. The minimum Gasteiger partial charge on any atom is -0.496 e. The molecule has 2 aliphatic heterocycles. The van der Waals surface area contributed by atoms with Gasteiger partial charge < -0.3 is 23.7 Å². The number of hydrogen-bond acceptors (Lipinski definition) is 5. The van der Waals surface area contributed by atoms with Crippen LogP contribution in [0.5, 0.6) is 5.75 Å². The lowest BCUT2D eigenvalue weighted by molar-refractivity contribution is -0.230. The van der Waals surface area contributed by atoms with Crippen LogP contribution in [0, 0.1) is 5.92 Å². The first-order valence-corrected chi connectivity index (χ1v) is 9.20. The highest BCUT2D eigenvalue weighted by Crippen LogP contribution is 2.42. The third-order valence-corrected chi connectivity index (χ3v) is 4.99. The van der Waals surface area contributed by atoms with E-state index in [1.54, 1.807) is 7.11 Å². The number of hydrogen-bond donors (Lipinski definition) is 0. The molecule has 2 heterocycles. The van der Waals surface area contributed by atoms with Crippen molar-refractivity contribution in [2.45, 2.75) is 77.5 Å². The van der Waals surface area contributed by atoms with Crippen molar-refractivity contribution in [1.82, 2.24) is 0 Å². The van der Waals surface area contributed by atoms with Crippen LogP contribution in [0.3, 0.4) is 0 Å². The molecule has 0 radical (unpaired) electrons. The molecule has 5 nitrogen and oxygen atoms in total. The Labute approximate surface area is 150 Å². The fourth-order valence-corrected chi connectivity index (χ4v) is 3.50. The van der Waals surface area contributed by atoms with Crippen molar-refractivity contribution in [3.8, 4) is 5.75 Å². The standard InChI is InChI=1S/C20H30O5/c1-6-20(4)24-18-17(16(11-13(2)3)23-19(18)25-20)22-12-14-9-7-8-10-15(14)21-5/h7-10,13,16-19H,6,11-12H2,1-5H3/t16-,17+,18-,19-,20?/m1/s1. The molecular weight excluding hydrogens is 320 g/mol. The van der Waals surface area contributed by atoms with E-state index in [0.29, 0.717) is 12.5 Å². The molecular formula is C20H30O5. The maximum atomic E-state index is 6.29. The lowest BCUT2D eigenvalue weighted by Gasteiger charge is -2.28. The van der Waals surface area contributed by atoms with Crippen LogP contribution >= 0.6 is 0 Å². The Bertz CT molecular complexity index is 575. The average Bonchev–Trinajstić information content (AvgIpc) is 3.06. The molecule has 25 heavy (non-hydrogen) atoms. The predicted molar refractivity (Wildman–Crippen MR) is 94.3 cm³/mol. The van der Waals surface area contributed by atoms with Crippen molar-refractivity contribution in [3.63, 3.8) is 0 Å². The van der Waals surface area contributed by atoms with Crippen molar-refractivity contribution >= 4 is 0 Å². The number of fused-ring (bicyclic) bond motifs is 1. The van der Waals surface area contributed by atoms with Crippen molar-refractivity contribution < 1.29 is 23.7 Å². The molecule has 2 aliphatic rings. The summed E-state index contributed by atoms with van der Waals surface area (Å²) in [4.78, 5) is 0. The summed E-state index contributed by atoms with van der Waals surface area (Å²) in [5, 5.41) is 0. The van der Waals surface area contributed by atoms with Gasteiger partial charge in [-0.2, -0.15) is 0 Å². The Morgan fingerprint density at radius 3 is 2.64 bits per heavy atom. The molecule has 1 unspecified atom stereocenters. The van der Waals surface area contributed by atoms with Crippen molar-refractivity contribution in [2.24, 2.45) is 5.92 Å². The highest BCUT2D eigenvalue weighted by molar-refractivity contribution is 5.32. The van der Waals surface area contributed by atoms with Crippen LogP contribution in [0.2, 0.25) is 0 Å². The highest BCUT2D eigenvalue weighted by Gasteiger charge is 2.56. The normalized spacial score (nSPS) is 34.5. The van der Waals surface area contributed by atoms with Crippen LogP contribution in [-0.4, -0.2) is 37.5 Å².